The quantitative estimate of drug-likeness (QED) is 0.0738. The van der Waals surface area contributed by atoms with Gasteiger partial charge in [0, 0.05) is 0 Å². The van der Waals surface area contributed by atoms with Crippen LogP contribution in [0.3, 0.4) is 0 Å². The van der Waals surface area contributed by atoms with Gasteiger partial charge in [0.05, 0.1) is 0 Å². The Labute approximate surface area is 256 Å². The van der Waals surface area contributed by atoms with Crippen LogP contribution in [-0.4, -0.2) is 27.0 Å². The van der Waals surface area contributed by atoms with Gasteiger partial charge in [-0.15, -0.1) is 0 Å². The molecule has 0 aliphatic carbocycles. The fraction of sp³-hybridized carbons (Fsp3) is 0.838. The Kier molecular flexibility index (Phi) is 20.0. The molecule has 0 bridgehead atoms. The Morgan fingerprint density at radius 1 is 0.537 bits per heavy atom. The summed E-state index contributed by atoms with van der Waals surface area (Å²) in [6, 6.07) is 6.98. The molecule has 1 aromatic carbocycles. The van der Waals surface area contributed by atoms with Crippen molar-refractivity contribution in [3.8, 4) is 0 Å². The Hall–Kier alpha value is -0.470. The van der Waals surface area contributed by atoms with Gasteiger partial charge in [0.1, 0.15) is 0 Å². The van der Waals surface area contributed by atoms with Gasteiger partial charge in [0.25, 0.3) is 0 Å². The van der Waals surface area contributed by atoms with Gasteiger partial charge < -0.3 is 0 Å². The summed E-state index contributed by atoms with van der Waals surface area (Å²) in [5.74, 6) is 0. The fourth-order valence-electron chi connectivity index (χ4n) is 6.21. The number of benzene rings is 1. The van der Waals surface area contributed by atoms with Gasteiger partial charge >= 0.3 is 176 Å². The van der Waals surface area contributed by atoms with E-state index in [9.17, 15) is 14.7 Å². The van der Waals surface area contributed by atoms with Crippen LogP contribution in [0, 0.1) is 6.92 Å². The minimum atomic E-state index is -4.41. The van der Waals surface area contributed by atoms with E-state index < -0.39 is 7.28 Å². The molecule has 0 saturated heterocycles. The molecule has 242 valence electrons. The summed E-state index contributed by atoms with van der Waals surface area (Å²) < 4.78 is 0. The molecule has 41 heavy (non-hydrogen) atoms. The van der Waals surface area contributed by atoms with Crippen molar-refractivity contribution in [2.75, 3.05) is 12.3 Å². The van der Waals surface area contributed by atoms with E-state index in [0.717, 1.165) is 38.5 Å². The first-order chi connectivity index (χ1) is 19.4. The maximum absolute atomic E-state index is 10.5. The van der Waals surface area contributed by atoms with Gasteiger partial charge in [0.2, 0.25) is 0 Å². The van der Waals surface area contributed by atoms with Crippen LogP contribution in [0.25, 0.3) is 0 Å². The van der Waals surface area contributed by atoms with Crippen molar-refractivity contribution < 1.29 is 14.7 Å². The molecule has 0 spiro atoms. The monoisotopic (exact) mass is 595 g/mol. The summed E-state index contributed by atoms with van der Waals surface area (Å²) in [4.78, 5) is 31.4. The van der Waals surface area contributed by atoms with Crippen LogP contribution >= 0.6 is 7.28 Å². The predicted octanol–water partition coefficient (Wildman–Crippen LogP) is 11.7. The zero-order valence-electron chi connectivity index (χ0n) is 28.2. The van der Waals surface area contributed by atoms with E-state index in [4.69, 9.17) is 0 Å². The van der Waals surface area contributed by atoms with Crippen LogP contribution in [0.5, 0.6) is 0 Å². The Balaban J connectivity index is 1.97. The third-order valence-electron chi connectivity index (χ3n) is 8.85. The Morgan fingerprint density at radius 3 is 1.29 bits per heavy atom. The normalized spacial score (nSPS) is 13.4. The summed E-state index contributed by atoms with van der Waals surface area (Å²) in [5.41, 5.74) is 4.64. The second-order valence-electron chi connectivity index (χ2n) is 14.4. The molecule has 0 amide bonds. The number of aryl methyl sites for hydroxylation is 2. The molecule has 3 nitrogen and oxygen atoms in total. The third-order valence-corrected chi connectivity index (χ3v) is 11.3. The first-order valence-electron chi connectivity index (χ1n) is 17.8. The summed E-state index contributed by atoms with van der Waals surface area (Å²) in [6.07, 6.45) is 28.4. The van der Waals surface area contributed by atoms with E-state index in [2.05, 4.69) is 52.8 Å². The SMILES string of the molecule is CCCCCCCCCCCCCP(O)(O)(O)CCCCCCCCCCCCCc1cc(C)ccc1C(C)(C)C. The molecule has 0 aliphatic rings. The van der Waals surface area contributed by atoms with Crippen LogP contribution in [0.2, 0.25) is 0 Å². The summed E-state index contributed by atoms with van der Waals surface area (Å²) >= 11 is 0. The molecule has 0 aromatic heterocycles. The molecule has 0 unspecified atom stereocenters. The van der Waals surface area contributed by atoms with Gasteiger partial charge in [-0.25, -0.2) is 0 Å². The number of hydrogen-bond donors (Lipinski definition) is 3. The van der Waals surface area contributed by atoms with E-state index >= 15 is 0 Å². The maximum atomic E-state index is 10.5. The van der Waals surface area contributed by atoms with Gasteiger partial charge in [-0.2, -0.15) is 0 Å². The van der Waals surface area contributed by atoms with Crippen molar-refractivity contribution >= 4 is 7.28 Å². The first kappa shape index (κ1) is 38.6. The van der Waals surface area contributed by atoms with E-state index in [1.807, 2.05) is 0 Å². The molecule has 0 fully saturated rings. The standard InChI is InChI=1S/C37H71O3P/c1-6-7-8-9-10-11-14-17-20-23-26-31-41(38,39,40)32-27-24-21-18-15-12-13-16-19-22-25-28-35-33-34(2)29-30-36(35)37(3,4)5/h29-30,33,38-40H,6-28,31-32H2,1-5H3. The average Bonchev–Trinajstić information content (AvgIpc) is 2.89. The number of unbranched alkanes of at least 4 members (excludes halogenated alkanes) is 20. The van der Waals surface area contributed by atoms with Crippen LogP contribution < -0.4 is 0 Å². The molecule has 0 radical (unpaired) electrons. The van der Waals surface area contributed by atoms with E-state index in [-0.39, 0.29) is 17.7 Å². The first-order valence-corrected chi connectivity index (χ1v) is 20.2. The molecule has 0 aliphatic heterocycles. The molecule has 4 heteroatoms. The predicted molar refractivity (Wildman–Crippen MR) is 184 cm³/mol. The second kappa shape index (κ2) is 21.3. The molecule has 1 rings (SSSR count). The topological polar surface area (TPSA) is 60.7 Å². The van der Waals surface area contributed by atoms with Crippen molar-refractivity contribution in [3.63, 3.8) is 0 Å². The summed E-state index contributed by atoms with van der Waals surface area (Å²) in [5, 5.41) is 0. The van der Waals surface area contributed by atoms with E-state index in [0.29, 0.717) is 0 Å². The average molecular weight is 595 g/mol. The minimum absolute atomic E-state index is 0.198. The van der Waals surface area contributed by atoms with Crippen LogP contribution in [-0.2, 0) is 11.8 Å². The molecule has 3 N–H and O–H groups in total. The molecular weight excluding hydrogens is 523 g/mol. The van der Waals surface area contributed by atoms with Crippen molar-refractivity contribution in [1.29, 1.82) is 0 Å². The second-order valence-corrected chi connectivity index (χ2v) is 17.9. The van der Waals surface area contributed by atoms with Crippen molar-refractivity contribution in [2.45, 2.75) is 188 Å². The fourth-order valence-corrected chi connectivity index (χ4v) is 8.18. The number of rotatable bonds is 26. The Morgan fingerprint density at radius 2 is 0.902 bits per heavy atom. The molecule has 1 aromatic rings. The smallest absolute Gasteiger partial charge is 0.0590 e. The van der Waals surface area contributed by atoms with Crippen molar-refractivity contribution in [2.24, 2.45) is 0 Å². The molecule has 0 saturated carbocycles. The van der Waals surface area contributed by atoms with Gasteiger partial charge in [-0.05, 0) is 29.9 Å². The van der Waals surface area contributed by atoms with E-state index in [1.165, 1.54) is 120 Å². The summed E-state index contributed by atoms with van der Waals surface area (Å²) in [7, 11) is -4.41. The molecular formula is C37H71O3P. The van der Waals surface area contributed by atoms with Crippen LogP contribution in [0.4, 0.5) is 0 Å². The summed E-state index contributed by atoms with van der Waals surface area (Å²) in [6.45, 7) is 11.4. The molecule has 0 atom stereocenters. The van der Waals surface area contributed by atoms with E-state index in [1.54, 1.807) is 5.56 Å². The zero-order chi connectivity index (χ0) is 30.5. The molecule has 0 heterocycles. The van der Waals surface area contributed by atoms with Gasteiger partial charge in [-0.3, -0.25) is 0 Å². The minimum Gasteiger partial charge on any atom is -0.0590 e. The van der Waals surface area contributed by atoms with Crippen LogP contribution in [0.1, 0.15) is 186 Å². The van der Waals surface area contributed by atoms with Crippen LogP contribution in [0.15, 0.2) is 18.2 Å². The number of hydrogen-bond acceptors (Lipinski definition) is 3. The Bertz CT molecular complexity index is 775. The zero-order valence-corrected chi connectivity index (χ0v) is 29.1. The van der Waals surface area contributed by atoms with Crippen molar-refractivity contribution in [1.82, 2.24) is 0 Å². The third kappa shape index (κ3) is 21.0. The van der Waals surface area contributed by atoms with Crippen molar-refractivity contribution in [3.05, 3.63) is 34.9 Å². The van der Waals surface area contributed by atoms with Gasteiger partial charge in [0.15, 0.2) is 0 Å². The van der Waals surface area contributed by atoms with Gasteiger partial charge in [-0.1, -0.05) is 51.5 Å².